The van der Waals surface area contributed by atoms with Gasteiger partial charge in [0.2, 0.25) is 0 Å². The minimum Gasteiger partial charge on any atom is -0.351 e. The lowest BCUT2D eigenvalue weighted by Crippen LogP contribution is -2.27. The molecule has 1 rings (SSSR count). The van der Waals surface area contributed by atoms with Crippen molar-refractivity contribution in [1.29, 1.82) is 0 Å². The molecule has 11 heteroatoms. The summed E-state index contributed by atoms with van der Waals surface area (Å²) in [7, 11) is 0. The van der Waals surface area contributed by atoms with Gasteiger partial charge in [-0.1, -0.05) is 11.6 Å². The van der Waals surface area contributed by atoms with Gasteiger partial charge in [0.25, 0.3) is 11.6 Å². The smallest absolute Gasteiger partial charge is 0.351 e. The number of halogens is 4. The molecule has 0 spiro atoms. The summed E-state index contributed by atoms with van der Waals surface area (Å²) in [5, 5.41) is 12.7. The number of amides is 1. The second-order valence-electron chi connectivity index (χ2n) is 3.33. The summed E-state index contributed by atoms with van der Waals surface area (Å²) in [5.74, 6) is -1.29. The van der Waals surface area contributed by atoms with Crippen LogP contribution in [-0.2, 0) is 0 Å². The van der Waals surface area contributed by atoms with Crippen LogP contribution in [0.3, 0.4) is 0 Å². The zero-order valence-corrected chi connectivity index (χ0v) is 11.2. The second-order valence-corrected chi connectivity index (χ2v) is 4.88. The number of alkyl halides is 3. The van der Waals surface area contributed by atoms with E-state index in [1.165, 1.54) is 0 Å². The molecule has 0 atom stereocenters. The number of rotatable bonds is 5. The largest absolute Gasteiger partial charge is 0.441 e. The summed E-state index contributed by atoms with van der Waals surface area (Å²) in [6.45, 7) is -0.292. The van der Waals surface area contributed by atoms with Crippen molar-refractivity contribution in [2.45, 2.75) is 5.51 Å². The lowest BCUT2D eigenvalue weighted by Gasteiger charge is -2.07. The van der Waals surface area contributed by atoms with E-state index in [0.717, 1.165) is 12.3 Å². The molecule has 1 amide bonds. The number of aromatic nitrogens is 1. The SMILES string of the molecule is O=C(NCCSC(F)(F)F)c1cc(Cl)ncc1[N+](=O)[O-]. The molecule has 0 radical (unpaired) electrons. The van der Waals surface area contributed by atoms with Gasteiger partial charge in [-0.15, -0.1) is 0 Å². The summed E-state index contributed by atoms with van der Waals surface area (Å²) in [6, 6.07) is 0.978. The lowest BCUT2D eigenvalue weighted by molar-refractivity contribution is -0.385. The van der Waals surface area contributed by atoms with Crippen LogP contribution in [0.1, 0.15) is 10.4 Å². The normalized spacial score (nSPS) is 11.2. The molecule has 1 N–H and O–H groups in total. The third-order valence-corrected chi connectivity index (χ3v) is 2.89. The standard InChI is InChI=1S/C9H7ClF3N3O3S/c10-7-3-5(6(4-15-7)16(18)19)8(17)14-1-2-20-9(11,12)13/h3-4H,1-2H2,(H,14,17). The summed E-state index contributed by atoms with van der Waals surface area (Å²) >= 11 is 5.22. The lowest BCUT2D eigenvalue weighted by atomic mass is 10.2. The number of hydrogen-bond donors (Lipinski definition) is 1. The first-order valence-electron chi connectivity index (χ1n) is 4.99. The van der Waals surface area contributed by atoms with Gasteiger partial charge in [-0.3, -0.25) is 14.9 Å². The average Bonchev–Trinajstić information content (AvgIpc) is 2.32. The van der Waals surface area contributed by atoms with Crippen LogP contribution in [0.4, 0.5) is 18.9 Å². The van der Waals surface area contributed by atoms with Crippen molar-refractivity contribution in [1.82, 2.24) is 10.3 Å². The van der Waals surface area contributed by atoms with E-state index in [9.17, 15) is 28.1 Å². The third-order valence-electron chi connectivity index (χ3n) is 1.94. The summed E-state index contributed by atoms with van der Waals surface area (Å²) in [6.07, 6.45) is 0.807. The number of nitrogens with one attached hydrogen (secondary N) is 1. The van der Waals surface area contributed by atoms with Crippen molar-refractivity contribution >= 4 is 35.0 Å². The van der Waals surface area contributed by atoms with E-state index >= 15 is 0 Å². The predicted molar refractivity (Wildman–Crippen MR) is 66.7 cm³/mol. The Hall–Kier alpha value is -1.55. The van der Waals surface area contributed by atoms with E-state index in [-0.39, 0.29) is 29.0 Å². The molecular weight excluding hydrogens is 323 g/mol. The van der Waals surface area contributed by atoms with Crippen LogP contribution in [0.15, 0.2) is 12.3 Å². The first kappa shape index (κ1) is 16.5. The van der Waals surface area contributed by atoms with Gasteiger partial charge in [0.05, 0.1) is 4.92 Å². The van der Waals surface area contributed by atoms with Gasteiger partial charge in [-0.25, -0.2) is 4.98 Å². The number of carbonyl (C=O) groups is 1. The molecule has 0 bridgehead atoms. The molecule has 1 aromatic rings. The molecule has 20 heavy (non-hydrogen) atoms. The number of hydrogen-bond acceptors (Lipinski definition) is 5. The highest BCUT2D eigenvalue weighted by Crippen LogP contribution is 2.29. The predicted octanol–water partition coefficient (Wildman–Crippen LogP) is 2.63. The van der Waals surface area contributed by atoms with Gasteiger partial charge >= 0.3 is 5.51 Å². The molecule has 1 aromatic heterocycles. The Kier molecular flexibility index (Phi) is 5.57. The van der Waals surface area contributed by atoms with Crippen molar-refractivity contribution in [3.63, 3.8) is 0 Å². The Labute approximate surface area is 119 Å². The van der Waals surface area contributed by atoms with Crippen molar-refractivity contribution in [3.05, 3.63) is 33.1 Å². The maximum atomic E-state index is 11.9. The van der Waals surface area contributed by atoms with Crippen LogP contribution in [-0.4, -0.2) is 33.6 Å². The number of nitrogens with zero attached hydrogens (tertiary/aromatic N) is 2. The van der Waals surface area contributed by atoms with E-state index in [0.29, 0.717) is 0 Å². The fourth-order valence-corrected chi connectivity index (χ4v) is 1.77. The highest BCUT2D eigenvalue weighted by molar-refractivity contribution is 8.00. The van der Waals surface area contributed by atoms with Crippen LogP contribution < -0.4 is 5.32 Å². The van der Waals surface area contributed by atoms with E-state index in [1.807, 2.05) is 0 Å². The highest BCUT2D eigenvalue weighted by Gasteiger charge is 2.28. The van der Waals surface area contributed by atoms with Crippen LogP contribution >= 0.6 is 23.4 Å². The van der Waals surface area contributed by atoms with Crippen LogP contribution in [0, 0.1) is 10.1 Å². The van der Waals surface area contributed by atoms with Crippen molar-refractivity contribution in [2.75, 3.05) is 12.3 Å². The molecular formula is C9H7ClF3N3O3S. The van der Waals surface area contributed by atoms with Crippen molar-refractivity contribution in [3.8, 4) is 0 Å². The number of carbonyl (C=O) groups excluding carboxylic acids is 1. The Morgan fingerprint density at radius 2 is 2.20 bits per heavy atom. The molecule has 0 saturated heterocycles. The quantitative estimate of drug-likeness (QED) is 0.388. The topological polar surface area (TPSA) is 85.1 Å². The van der Waals surface area contributed by atoms with Crippen LogP contribution in [0.5, 0.6) is 0 Å². The zero-order valence-electron chi connectivity index (χ0n) is 9.61. The Bertz CT molecular complexity index is 527. The first-order valence-corrected chi connectivity index (χ1v) is 6.36. The average molecular weight is 330 g/mol. The van der Waals surface area contributed by atoms with E-state index in [1.54, 1.807) is 0 Å². The minimum atomic E-state index is -4.39. The van der Waals surface area contributed by atoms with Gasteiger partial charge in [0.1, 0.15) is 16.9 Å². The monoisotopic (exact) mass is 329 g/mol. The van der Waals surface area contributed by atoms with E-state index in [4.69, 9.17) is 11.6 Å². The summed E-state index contributed by atoms with van der Waals surface area (Å²) in [5.41, 5.74) is -5.32. The molecule has 0 saturated carbocycles. The first-order chi connectivity index (χ1) is 9.20. The van der Waals surface area contributed by atoms with Gasteiger partial charge in [0, 0.05) is 12.3 Å². The Morgan fingerprint density at radius 3 is 2.75 bits per heavy atom. The van der Waals surface area contributed by atoms with E-state index < -0.39 is 27.8 Å². The van der Waals surface area contributed by atoms with Crippen LogP contribution in [0.25, 0.3) is 0 Å². The summed E-state index contributed by atoms with van der Waals surface area (Å²) < 4.78 is 35.6. The molecule has 0 fully saturated rings. The van der Waals surface area contributed by atoms with E-state index in [2.05, 4.69) is 10.3 Å². The third kappa shape index (κ3) is 5.21. The Morgan fingerprint density at radius 1 is 1.55 bits per heavy atom. The molecule has 110 valence electrons. The molecule has 0 aliphatic rings. The zero-order chi connectivity index (χ0) is 15.3. The summed E-state index contributed by atoms with van der Waals surface area (Å²) in [4.78, 5) is 25.0. The number of thioether (sulfide) groups is 1. The molecule has 0 aliphatic carbocycles. The molecule has 0 aromatic carbocycles. The fraction of sp³-hybridized carbons (Fsp3) is 0.333. The minimum absolute atomic E-state index is 0.134. The number of pyridine rings is 1. The Balaban J connectivity index is 2.68. The highest BCUT2D eigenvalue weighted by atomic mass is 35.5. The molecule has 6 nitrogen and oxygen atoms in total. The van der Waals surface area contributed by atoms with Crippen molar-refractivity contribution in [2.24, 2.45) is 0 Å². The second kappa shape index (κ2) is 6.75. The van der Waals surface area contributed by atoms with Crippen molar-refractivity contribution < 1.29 is 22.9 Å². The van der Waals surface area contributed by atoms with Gasteiger partial charge in [0.15, 0.2) is 0 Å². The fourth-order valence-electron chi connectivity index (χ4n) is 1.18. The molecule has 0 unspecified atom stereocenters. The number of nitro groups is 1. The molecule has 0 aliphatic heterocycles. The maximum absolute atomic E-state index is 11.9. The van der Waals surface area contributed by atoms with Gasteiger partial charge in [-0.05, 0) is 17.8 Å². The van der Waals surface area contributed by atoms with Crippen LogP contribution in [0.2, 0.25) is 5.15 Å². The maximum Gasteiger partial charge on any atom is 0.441 e. The molecule has 1 heterocycles. The van der Waals surface area contributed by atoms with Gasteiger partial charge in [-0.2, -0.15) is 13.2 Å². The van der Waals surface area contributed by atoms with Gasteiger partial charge < -0.3 is 5.32 Å².